The van der Waals surface area contributed by atoms with Crippen molar-refractivity contribution in [2.24, 2.45) is 5.92 Å². The summed E-state index contributed by atoms with van der Waals surface area (Å²) in [6, 6.07) is 7.29. The molecule has 1 saturated heterocycles. The summed E-state index contributed by atoms with van der Waals surface area (Å²) < 4.78 is 55.3. The summed E-state index contributed by atoms with van der Waals surface area (Å²) in [6.07, 6.45) is 6.76. The first kappa shape index (κ1) is 25.6. The number of benzene rings is 1. The van der Waals surface area contributed by atoms with Gasteiger partial charge in [0.25, 0.3) is 0 Å². The van der Waals surface area contributed by atoms with Crippen LogP contribution in [0.15, 0.2) is 29.2 Å². The molecule has 1 saturated carbocycles. The second kappa shape index (κ2) is 11.4. The van der Waals surface area contributed by atoms with E-state index in [4.69, 9.17) is 0 Å². The SMILES string of the molecule is CC(C)CCN(CCS(=O)(=O)N1CCNCC1)S(=O)(=O)c1ccc(C2CCCCC2)cc1. The minimum atomic E-state index is -3.76. The number of nitrogens with zero attached hydrogens (tertiary/aromatic N) is 2. The third-order valence-corrected chi connectivity index (χ3v) is 10.4. The molecule has 2 aliphatic rings. The molecule has 0 radical (unpaired) electrons. The first-order valence-electron chi connectivity index (χ1n) is 12.0. The van der Waals surface area contributed by atoms with E-state index < -0.39 is 20.0 Å². The molecular formula is C23H39N3O4S2. The number of hydrogen-bond acceptors (Lipinski definition) is 5. The van der Waals surface area contributed by atoms with Crippen LogP contribution in [0.4, 0.5) is 0 Å². The lowest BCUT2D eigenvalue weighted by Gasteiger charge is -2.28. The first-order chi connectivity index (χ1) is 15.2. The quantitative estimate of drug-likeness (QED) is 0.551. The Kier molecular flexibility index (Phi) is 9.14. The molecule has 182 valence electrons. The van der Waals surface area contributed by atoms with Crippen molar-refractivity contribution in [1.29, 1.82) is 0 Å². The molecule has 9 heteroatoms. The van der Waals surface area contributed by atoms with Crippen LogP contribution < -0.4 is 5.32 Å². The van der Waals surface area contributed by atoms with Gasteiger partial charge in [-0.1, -0.05) is 45.2 Å². The molecule has 3 rings (SSSR count). The maximum Gasteiger partial charge on any atom is 0.243 e. The van der Waals surface area contributed by atoms with Gasteiger partial charge in [0.1, 0.15) is 0 Å². The van der Waals surface area contributed by atoms with E-state index in [0.29, 0.717) is 51.0 Å². The molecule has 1 heterocycles. The lowest BCUT2D eigenvalue weighted by molar-refractivity contribution is 0.353. The molecule has 0 bridgehead atoms. The molecule has 1 aromatic carbocycles. The summed E-state index contributed by atoms with van der Waals surface area (Å²) in [6.45, 7) is 6.51. The van der Waals surface area contributed by atoms with E-state index in [0.717, 1.165) is 12.8 Å². The molecule has 1 aliphatic heterocycles. The highest BCUT2D eigenvalue weighted by Crippen LogP contribution is 2.33. The maximum absolute atomic E-state index is 13.4. The summed E-state index contributed by atoms with van der Waals surface area (Å²) in [5.41, 5.74) is 1.21. The van der Waals surface area contributed by atoms with E-state index in [1.807, 2.05) is 26.0 Å². The minimum Gasteiger partial charge on any atom is -0.314 e. The molecule has 0 amide bonds. The van der Waals surface area contributed by atoms with Crippen molar-refractivity contribution in [2.75, 3.05) is 45.0 Å². The Labute approximate surface area is 194 Å². The molecule has 32 heavy (non-hydrogen) atoms. The van der Waals surface area contributed by atoms with Crippen molar-refractivity contribution >= 4 is 20.0 Å². The number of hydrogen-bond donors (Lipinski definition) is 1. The van der Waals surface area contributed by atoms with Crippen LogP contribution in [0, 0.1) is 5.92 Å². The van der Waals surface area contributed by atoms with Crippen LogP contribution >= 0.6 is 0 Å². The normalized spacial score (nSPS) is 19.6. The fourth-order valence-corrected chi connectivity index (χ4v) is 7.54. The van der Waals surface area contributed by atoms with E-state index >= 15 is 0 Å². The Morgan fingerprint density at radius 3 is 2.19 bits per heavy atom. The van der Waals surface area contributed by atoms with Crippen LogP contribution in [0.2, 0.25) is 0 Å². The molecule has 0 spiro atoms. The molecule has 1 aromatic rings. The molecular weight excluding hydrogens is 446 g/mol. The van der Waals surface area contributed by atoms with Gasteiger partial charge < -0.3 is 5.32 Å². The van der Waals surface area contributed by atoms with Crippen LogP contribution in [0.25, 0.3) is 0 Å². The molecule has 1 aliphatic carbocycles. The molecule has 0 atom stereocenters. The average Bonchev–Trinajstić information content (AvgIpc) is 2.80. The summed E-state index contributed by atoms with van der Waals surface area (Å²) in [4.78, 5) is 0.250. The van der Waals surface area contributed by atoms with Crippen molar-refractivity contribution in [2.45, 2.75) is 63.2 Å². The number of sulfonamides is 2. The number of rotatable bonds is 10. The molecule has 0 unspecified atom stereocenters. The Balaban J connectivity index is 1.74. The van der Waals surface area contributed by atoms with Gasteiger partial charge in [0, 0.05) is 39.3 Å². The molecule has 0 aromatic heterocycles. The third-order valence-electron chi connectivity index (χ3n) is 6.62. The van der Waals surface area contributed by atoms with Gasteiger partial charge in [0.15, 0.2) is 0 Å². The zero-order valence-electron chi connectivity index (χ0n) is 19.5. The second-order valence-corrected chi connectivity index (χ2v) is 13.5. The Morgan fingerprint density at radius 2 is 1.59 bits per heavy atom. The standard InChI is InChI=1S/C23H39N3O4S2/c1-20(2)12-15-26(18-19-31(27,28)25-16-13-24-14-17-25)32(29,30)23-10-8-22(9-11-23)21-6-4-3-5-7-21/h8-11,20-21,24H,3-7,12-19H2,1-2H3. The zero-order valence-corrected chi connectivity index (χ0v) is 21.1. The Hall–Kier alpha value is -1.00. The number of nitrogens with one attached hydrogen (secondary N) is 1. The first-order valence-corrected chi connectivity index (χ1v) is 15.0. The van der Waals surface area contributed by atoms with Gasteiger partial charge >= 0.3 is 0 Å². The smallest absolute Gasteiger partial charge is 0.243 e. The lowest BCUT2D eigenvalue weighted by Crippen LogP contribution is -2.48. The zero-order chi connectivity index (χ0) is 23.2. The van der Waals surface area contributed by atoms with Crippen molar-refractivity contribution in [3.8, 4) is 0 Å². The monoisotopic (exact) mass is 485 g/mol. The fraction of sp³-hybridized carbons (Fsp3) is 0.739. The van der Waals surface area contributed by atoms with Gasteiger partial charge in [0.05, 0.1) is 10.6 Å². The van der Waals surface area contributed by atoms with Gasteiger partial charge in [-0.15, -0.1) is 0 Å². The van der Waals surface area contributed by atoms with Gasteiger partial charge in [-0.25, -0.2) is 16.8 Å². The van der Waals surface area contributed by atoms with Crippen molar-refractivity contribution in [3.63, 3.8) is 0 Å². The topological polar surface area (TPSA) is 86.8 Å². The third kappa shape index (κ3) is 6.76. The lowest BCUT2D eigenvalue weighted by atomic mass is 9.84. The average molecular weight is 486 g/mol. The van der Waals surface area contributed by atoms with Crippen LogP contribution in [-0.2, 0) is 20.0 Å². The van der Waals surface area contributed by atoms with Gasteiger partial charge in [0.2, 0.25) is 20.0 Å². The van der Waals surface area contributed by atoms with Crippen molar-refractivity contribution in [3.05, 3.63) is 29.8 Å². The molecule has 2 fully saturated rings. The summed E-state index contributed by atoms with van der Waals surface area (Å²) in [7, 11) is -7.25. The van der Waals surface area contributed by atoms with Crippen molar-refractivity contribution < 1.29 is 16.8 Å². The van der Waals surface area contributed by atoms with Gasteiger partial charge in [-0.05, 0) is 48.8 Å². The Morgan fingerprint density at radius 1 is 0.969 bits per heavy atom. The van der Waals surface area contributed by atoms with Gasteiger partial charge in [-0.2, -0.15) is 8.61 Å². The van der Waals surface area contributed by atoms with Gasteiger partial charge in [-0.3, -0.25) is 0 Å². The number of piperazine rings is 1. The summed E-state index contributed by atoms with van der Waals surface area (Å²) in [5.74, 6) is 0.651. The summed E-state index contributed by atoms with van der Waals surface area (Å²) >= 11 is 0. The fourth-order valence-electron chi connectivity index (χ4n) is 4.52. The predicted octanol–water partition coefficient (Wildman–Crippen LogP) is 3.01. The van der Waals surface area contributed by atoms with E-state index in [9.17, 15) is 16.8 Å². The highest BCUT2D eigenvalue weighted by atomic mass is 32.2. The van der Waals surface area contributed by atoms with E-state index in [1.54, 1.807) is 12.1 Å². The van der Waals surface area contributed by atoms with E-state index in [1.165, 1.54) is 33.4 Å². The van der Waals surface area contributed by atoms with Crippen LogP contribution in [-0.4, -0.2) is 70.5 Å². The van der Waals surface area contributed by atoms with Crippen LogP contribution in [0.5, 0.6) is 0 Å². The van der Waals surface area contributed by atoms with Crippen LogP contribution in [0.3, 0.4) is 0 Å². The summed E-state index contributed by atoms with van der Waals surface area (Å²) in [5, 5.41) is 3.15. The van der Waals surface area contributed by atoms with E-state index in [-0.39, 0.29) is 17.2 Å². The second-order valence-electron chi connectivity index (χ2n) is 9.46. The maximum atomic E-state index is 13.4. The largest absolute Gasteiger partial charge is 0.314 e. The molecule has 7 nitrogen and oxygen atoms in total. The molecule has 1 N–H and O–H groups in total. The van der Waals surface area contributed by atoms with Crippen molar-refractivity contribution in [1.82, 2.24) is 13.9 Å². The van der Waals surface area contributed by atoms with Crippen LogP contribution in [0.1, 0.15) is 63.9 Å². The minimum absolute atomic E-state index is 0.0221. The van der Waals surface area contributed by atoms with E-state index in [2.05, 4.69) is 5.32 Å². The highest BCUT2D eigenvalue weighted by molar-refractivity contribution is 7.90. The predicted molar refractivity (Wildman–Crippen MR) is 129 cm³/mol. The Bertz CT molecular complexity index is 918. The highest BCUT2D eigenvalue weighted by Gasteiger charge is 2.29.